The second-order valence-corrected chi connectivity index (χ2v) is 7.52. The van der Waals surface area contributed by atoms with Crippen LogP contribution in [0.1, 0.15) is 21.5 Å². The van der Waals surface area contributed by atoms with Gasteiger partial charge >= 0.3 is 0 Å². The highest BCUT2D eigenvalue weighted by Crippen LogP contribution is 2.24. The lowest BCUT2D eigenvalue weighted by molar-refractivity contribution is 0.0955. The maximum absolute atomic E-state index is 12.2. The first kappa shape index (κ1) is 20.8. The third-order valence-electron chi connectivity index (χ3n) is 4.48. The summed E-state index contributed by atoms with van der Waals surface area (Å²) >= 11 is 12.3. The van der Waals surface area contributed by atoms with Crippen molar-refractivity contribution in [3.05, 3.63) is 106 Å². The van der Waals surface area contributed by atoms with Crippen LogP contribution in [0, 0.1) is 0 Å². The minimum atomic E-state index is -0.342. The summed E-state index contributed by atoms with van der Waals surface area (Å²) in [6, 6.07) is 18.5. The number of halogens is 2. The number of hydrazone groups is 1. The number of hydrogen-bond donors (Lipinski definition) is 1. The number of aromatic nitrogens is 3. The highest BCUT2D eigenvalue weighted by molar-refractivity contribution is 6.35. The van der Waals surface area contributed by atoms with Gasteiger partial charge in [0.25, 0.3) is 5.91 Å². The van der Waals surface area contributed by atoms with E-state index in [1.165, 1.54) is 6.20 Å². The summed E-state index contributed by atoms with van der Waals surface area (Å²) in [6.45, 7) is 0.464. The van der Waals surface area contributed by atoms with Crippen LogP contribution in [0.5, 0.6) is 0 Å². The molecule has 0 fully saturated rings. The van der Waals surface area contributed by atoms with Crippen LogP contribution in [0.2, 0.25) is 10.0 Å². The Kier molecular flexibility index (Phi) is 6.40. The fourth-order valence-electron chi connectivity index (χ4n) is 2.98. The molecule has 154 valence electrons. The summed E-state index contributed by atoms with van der Waals surface area (Å²) in [4.78, 5) is 16.1. The first-order valence-electron chi connectivity index (χ1n) is 9.40. The molecule has 0 radical (unpaired) electrons. The van der Waals surface area contributed by atoms with Gasteiger partial charge in [-0.25, -0.2) is 5.43 Å². The van der Waals surface area contributed by atoms with Gasteiger partial charge in [-0.3, -0.25) is 14.5 Å². The molecule has 31 heavy (non-hydrogen) atoms. The number of carbonyl (C=O) groups is 1. The molecule has 4 rings (SSSR count). The number of nitrogens with one attached hydrogen (secondary N) is 1. The Hall–Kier alpha value is -3.48. The van der Waals surface area contributed by atoms with Crippen LogP contribution in [0.4, 0.5) is 0 Å². The van der Waals surface area contributed by atoms with E-state index in [9.17, 15) is 4.79 Å². The number of carbonyl (C=O) groups excluding carboxylic acids is 1. The third-order valence-corrected chi connectivity index (χ3v) is 5.07. The number of amides is 1. The average molecular weight is 450 g/mol. The molecule has 4 aromatic rings. The Balaban J connectivity index is 1.60. The molecule has 0 saturated carbocycles. The zero-order chi connectivity index (χ0) is 21.6. The zero-order valence-corrected chi connectivity index (χ0v) is 17.8. The van der Waals surface area contributed by atoms with Crippen LogP contribution in [0.3, 0.4) is 0 Å². The molecule has 0 unspecified atom stereocenters. The van der Waals surface area contributed by atoms with Gasteiger partial charge in [-0.1, -0.05) is 59.6 Å². The summed E-state index contributed by atoms with van der Waals surface area (Å²) in [5, 5.41) is 9.96. The molecule has 0 aliphatic heterocycles. The molecular weight excluding hydrogens is 433 g/mol. The summed E-state index contributed by atoms with van der Waals surface area (Å²) in [5.41, 5.74) is 6.26. The van der Waals surface area contributed by atoms with E-state index in [2.05, 4.69) is 15.5 Å². The topological polar surface area (TPSA) is 72.2 Å². The molecule has 0 spiro atoms. The summed E-state index contributed by atoms with van der Waals surface area (Å²) in [5.74, 6) is -0.342. The van der Waals surface area contributed by atoms with E-state index >= 15 is 0 Å². The van der Waals surface area contributed by atoms with E-state index < -0.39 is 0 Å². The van der Waals surface area contributed by atoms with Crippen molar-refractivity contribution in [1.82, 2.24) is 20.2 Å². The Morgan fingerprint density at radius 2 is 1.94 bits per heavy atom. The van der Waals surface area contributed by atoms with Crippen molar-refractivity contribution < 1.29 is 4.79 Å². The summed E-state index contributed by atoms with van der Waals surface area (Å²) in [7, 11) is 0. The lowest BCUT2D eigenvalue weighted by Gasteiger charge is -2.05. The van der Waals surface area contributed by atoms with Crippen molar-refractivity contribution in [3.8, 4) is 11.3 Å². The minimum absolute atomic E-state index is 0.342. The predicted molar refractivity (Wildman–Crippen MR) is 123 cm³/mol. The second kappa shape index (κ2) is 9.55. The molecule has 2 aromatic heterocycles. The van der Waals surface area contributed by atoms with Crippen molar-refractivity contribution in [2.75, 3.05) is 0 Å². The SMILES string of the molecule is O=C(N/N=C\c1cn(Cc2ccc(Cl)cc2Cl)nc1-c1ccccc1)c1cccnc1. The van der Waals surface area contributed by atoms with Crippen LogP contribution in [0.25, 0.3) is 11.3 Å². The van der Waals surface area contributed by atoms with E-state index in [0.29, 0.717) is 22.2 Å². The Morgan fingerprint density at radius 1 is 1.10 bits per heavy atom. The van der Waals surface area contributed by atoms with E-state index in [4.69, 9.17) is 28.3 Å². The number of pyridine rings is 1. The lowest BCUT2D eigenvalue weighted by atomic mass is 10.1. The van der Waals surface area contributed by atoms with Crippen molar-refractivity contribution in [1.29, 1.82) is 0 Å². The van der Waals surface area contributed by atoms with Gasteiger partial charge in [0.1, 0.15) is 5.69 Å². The van der Waals surface area contributed by atoms with E-state index in [0.717, 1.165) is 22.4 Å². The van der Waals surface area contributed by atoms with Gasteiger partial charge in [-0.2, -0.15) is 10.2 Å². The van der Waals surface area contributed by atoms with Crippen molar-refractivity contribution in [3.63, 3.8) is 0 Å². The van der Waals surface area contributed by atoms with E-state index in [-0.39, 0.29) is 5.91 Å². The number of rotatable bonds is 6. The maximum atomic E-state index is 12.2. The molecule has 1 amide bonds. The van der Waals surface area contributed by atoms with Crippen LogP contribution in [-0.2, 0) is 6.54 Å². The summed E-state index contributed by atoms with van der Waals surface area (Å²) < 4.78 is 1.78. The first-order valence-corrected chi connectivity index (χ1v) is 10.2. The van der Waals surface area contributed by atoms with Gasteiger partial charge < -0.3 is 0 Å². The predicted octanol–water partition coefficient (Wildman–Crippen LogP) is 5.06. The maximum Gasteiger partial charge on any atom is 0.272 e. The highest BCUT2D eigenvalue weighted by atomic mass is 35.5. The van der Waals surface area contributed by atoms with Crippen molar-refractivity contribution in [2.45, 2.75) is 6.54 Å². The molecular formula is C23H17Cl2N5O. The normalized spacial score (nSPS) is 11.0. The van der Waals surface area contributed by atoms with Gasteiger partial charge in [-0.05, 0) is 29.8 Å². The van der Waals surface area contributed by atoms with Gasteiger partial charge in [-0.15, -0.1) is 0 Å². The molecule has 0 aliphatic rings. The second-order valence-electron chi connectivity index (χ2n) is 6.67. The van der Waals surface area contributed by atoms with Crippen LogP contribution < -0.4 is 5.43 Å². The van der Waals surface area contributed by atoms with E-state index in [1.807, 2.05) is 42.6 Å². The van der Waals surface area contributed by atoms with Gasteiger partial charge in [0.05, 0.1) is 18.3 Å². The largest absolute Gasteiger partial charge is 0.272 e. The molecule has 1 N–H and O–H groups in total. The molecule has 2 aromatic carbocycles. The molecule has 6 nitrogen and oxygen atoms in total. The fourth-order valence-corrected chi connectivity index (χ4v) is 3.45. The van der Waals surface area contributed by atoms with Gasteiger partial charge in [0.2, 0.25) is 0 Å². The van der Waals surface area contributed by atoms with Crippen molar-refractivity contribution in [2.24, 2.45) is 5.10 Å². The molecule has 8 heteroatoms. The average Bonchev–Trinajstić information content (AvgIpc) is 3.19. The van der Waals surface area contributed by atoms with E-state index in [1.54, 1.807) is 41.4 Å². The Morgan fingerprint density at radius 3 is 2.68 bits per heavy atom. The lowest BCUT2D eigenvalue weighted by Crippen LogP contribution is -2.17. The van der Waals surface area contributed by atoms with Crippen LogP contribution in [0.15, 0.2) is 84.4 Å². The van der Waals surface area contributed by atoms with Crippen LogP contribution >= 0.6 is 23.2 Å². The van der Waals surface area contributed by atoms with Gasteiger partial charge in [0, 0.05) is 39.8 Å². The fraction of sp³-hybridized carbons (Fsp3) is 0.0435. The van der Waals surface area contributed by atoms with Gasteiger partial charge in [0.15, 0.2) is 0 Å². The third kappa shape index (κ3) is 5.17. The molecule has 0 atom stereocenters. The van der Waals surface area contributed by atoms with Crippen LogP contribution in [-0.4, -0.2) is 26.9 Å². The van der Waals surface area contributed by atoms with Crippen molar-refractivity contribution >= 4 is 35.3 Å². The number of nitrogens with zero attached hydrogens (tertiary/aromatic N) is 4. The molecule has 2 heterocycles. The molecule has 0 aliphatic carbocycles. The first-order chi connectivity index (χ1) is 15.1. The minimum Gasteiger partial charge on any atom is -0.267 e. The number of benzene rings is 2. The summed E-state index contributed by atoms with van der Waals surface area (Å²) in [6.07, 6.45) is 6.51. The number of hydrogen-bond acceptors (Lipinski definition) is 4. The Labute approximate surface area is 189 Å². The highest BCUT2D eigenvalue weighted by Gasteiger charge is 2.12. The smallest absolute Gasteiger partial charge is 0.267 e. The molecule has 0 bridgehead atoms. The quantitative estimate of drug-likeness (QED) is 0.330. The molecule has 0 saturated heterocycles. The standard InChI is InChI=1S/C23H17Cl2N5O/c24-20-9-8-18(21(25)11-20)14-30-15-19(22(29-30)16-5-2-1-3-6-16)13-27-28-23(31)17-7-4-10-26-12-17/h1-13,15H,14H2,(H,28,31)/b27-13-. The Bertz CT molecular complexity index is 1220. The monoisotopic (exact) mass is 449 g/mol. The zero-order valence-electron chi connectivity index (χ0n) is 16.2.